The maximum absolute atomic E-state index is 13.2. The van der Waals surface area contributed by atoms with Crippen LogP contribution in [0.15, 0.2) is 53.3 Å². The SMILES string of the molecule is CCOC(=O)Cn1nnnc1[C@@H](CC)N(CCc1ccccc1)Cc1cc2c(C)cc(C)cc2[nH]c1=O. The second-order valence-electron chi connectivity index (χ2n) is 9.30. The fourth-order valence-electron chi connectivity index (χ4n) is 4.81. The van der Waals surface area contributed by atoms with E-state index in [1.54, 1.807) is 6.92 Å². The molecule has 0 bridgehead atoms. The highest BCUT2D eigenvalue weighted by Crippen LogP contribution is 2.26. The molecular weight excluding hydrogens is 468 g/mol. The monoisotopic (exact) mass is 502 g/mol. The Morgan fingerprint density at radius 2 is 1.92 bits per heavy atom. The third kappa shape index (κ3) is 6.29. The number of hydrogen-bond donors (Lipinski definition) is 1. The van der Waals surface area contributed by atoms with Gasteiger partial charge in [-0.2, -0.15) is 0 Å². The lowest BCUT2D eigenvalue weighted by molar-refractivity contribution is -0.144. The minimum absolute atomic E-state index is 0.0612. The van der Waals surface area contributed by atoms with Gasteiger partial charge in [0.05, 0.1) is 12.6 Å². The van der Waals surface area contributed by atoms with Crippen LogP contribution in [0.25, 0.3) is 10.9 Å². The van der Waals surface area contributed by atoms with Crippen molar-refractivity contribution in [3.8, 4) is 0 Å². The van der Waals surface area contributed by atoms with Crippen LogP contribution < -0.4 is 5.56 Å². The van der Waals surface area contributed by atoms with Gasteiger partial charge in [-0.1, -0.05) is 43.3 Å². The molecule has 0 saturated heterocycles. The normalized spacial score (nSPS) is 12.2. The van der Waals surface area contributed by atoms with E-state index in [1.165, 1.54) is 10.2 Å². The molecule has 4 rings (SSSR count). The number of pyridine rings is 1. The van der Waals surface area contributed by atoms with E-state index < -0.39 is 5.97 Å². The number of aromatic amines is 1. The van der Waals surface area contributed by atoms with Crippen molar-refractivity contribution in [1.29, 1.82) is 0 Å². The number of nitrogens with zero attached hydrogens (tertiary/aromatic N) is 5. The molecule has 0 aliphatic rings. The Hall–Kier alpha value is -3.85. The minimum Gasteiger partial charge on any atom is -0.465 e. The van der Waals surface area contributed by atoms with Crippen LogP contribution in [0.1, 0.15) is 54.4 Å². The molecule has 2 aromatic carbocycles. The predicted octanol–water partition coefficient (Wildman–Crippen LogP) is 3.89. The Balaban J connectivity index is 1.69. The zero-order valence-corrected chi connectivity index (χ0v) is 21.9. The van der Waals surface area contributed by atoms with E-state index in [1.807, 2.05) is 37.3 Å². The first-order chi connectivity index (χ1) is 17.9. The maximum Gasteiger partial charge on any atom is 0.327 e. The number of fused-ring (bicyclic) bond motifs is 1. The van der Waals surface area contributed by atoms with Crippen molar-refractivity contribution in [2.24, 2.45) is 0 Å². The predicted molar refractivity (Wildman–Crippen MR) is 142 cm³/mol. The zero-order chi connectivity index (χ0) is 26.4. The minimum atomic E-state index is -0.390. The molecule has 0 spiro atoms. The van der Waals surface area contributed by atoms with Gasteiger partial charge < -0.3 is 9.72 Å². The van der Waals surface area contributed by atoms with E-state index in [0.29, 0.717) is 37.5 Å². The van der Waals surface area contributed by atoms with Crippen molar-refractivity contribution in [3.63, 3.8) is 0 Å². The Labute approximate surface area is 216 Å². The Morgan fingerprint density at radius 3 is 2.65 bits per heavy atom. The number of aryl methyl sites for hydroxylation is 2. The van der Waals surface area contributed by atoms with Gasteiger partial charge >= 0.3 is 5.97 Å². The number of carbonyl (C=O) groups is 1. The lowest BCUT2D eigenvalue weighted by atomic mass is 10.0. The fourth-order valence-corrected chi connectivity index (χ4v) is 4.81. The highest BCUT2D eigenvalue weighted by molar-refractivity contribution is 5.83. The van der Waals surface area contributed by atoms with Crippen LogP contribution in [-0.2, 0) is 29.0 Å². The average Bonchev–Trinajstić information content (AvgIpc) is 3.31. The molecule has 9 nitrogen and oxygen atoms in total. The van der Waals surface area contributed by atoms with Crippen molar-refractivity contribution < 1.29 is 9.53 Å². The number of nitrogens with one attached hydrogen (secondary N) is 1. The first-order valence-electron chi connectivity index (χ1n) is 12.7. The van der Waals surface area contributed by atoms with E-state index in [2.05, 4.69) is 57.5 Å². The Morgan fingerprint density at radius 1 is 1.14 bits per heavy atom. The average molecular weight is 503 g/mol. The first-order valence-corrected chi connectivity index (χ1v) is 12.7. The lowest BCUT2D eigenvalue weighted by Crippen LogP contribution is -2.34. The summed E-state index contributed by atoms with van der Waals surface area (Å²) in [4.78, 5) is 30.6. The second-order valence-corrected chi connectivity index (χ2v) is 9.30. The van der Waals surface area contributed by atoms with E-state index >= 15 is 0 Å². The molecule has 0 fully saturated rings. The summed E-state index contributed by atoms with van der Waals surface area (Å²) in [5, 5.41) is 13.2. The number of aromatic nitrogens is 5. The summed E-state index contributed by atoms with van der Waals surface area (Å²) in [6, 6.07) is 16.1. The molecule has 4 aromatic rings. The topological polar surface area (TPSA) is 106 Å². The molecule has 0 amide bonds. The molecular formula is C28H34N6O3. The standard InChI is InChI=1S/C28H34N6O3/c1-5-25(27-30-31-32-34(27)18-26(35)37-6-2)33(13-12-21-10-8-7-9-11-21)17-22-16-23-20(4)14-19(3)15-24(23)29-28(22)36/h7-11,14-16,25H,5-6,12-13,17-18H2,1-4H3,(H,29,36)/t25-/m1/s1. The molecule has 2 heterocycles. The van der Waals surface area contributed by atoms with E-state index in [9.17, 15) is 9.59 Å². The highest BCUT2D eigenvalue weighted by Gasteiger charge is 2.26. The molecule has 0 unspecified atom stereocenters. The van der Waals surface area contributed by atoms with Crippen molar-refractivity contribution in [1.82, 2.24) is 30.1 Å². The Kier molecular flexibility index (Phi) is 8.45. The summed E-state index contributed by atoms with van der Waals surface area (Å²) >= 11 is 0. The van der Waals surface area contributed by atoms with Crippen LogP contribution in [0.5, 0.6) is 0 Å². The number of hydrogen-bond acceptors (Lipinski definition) is 7. The Bertz CT molecular complexity index is 1410. The molecule has 0 aliphatic heterocycles. The van der Waals surface area contributed by atoms with Crippen LogP contribution in [0.3, 0.4) is 0 Å². The lowest BCUT2D eigenvalue weighted by Gasteiger charge is -2.30. The van der Waals surface area contributed by atoms with Gasteiger partial charge in [0.25, 0.3) is 5.56 Å². The van der Waals surface area contributed by atoms with Crippen molar-refractivity contribution in [2.75, 3.05) is 13.2 Å². The van der Waals surface area contributed by atoms with Gasteiger partial charge in [0.15, 0.2) is 5.82 Å². The van der Waals surface area contributed by atoms with Crippen LogP contribution in [0, 0.1) is 13.8 Å². The number of ether oxygens (including phenoxy) is 1. The summed E-state index contributed by atoms with van der Waals surface area (Å²) < 4.78 is 6.61. The summed E-state index contributed by atoms with van der Waals surface area (Å²) in [6.07, 6.45) is 1.49. The van der Waals surface area contributed by atoms with Gasteiger partial charge in [0, 0.05) is 29.6 Å². The van der Waals surface area contributed by atoms with E-state index in [4.69, 9.17) is 4.74 Å². The number of carbonyl (C=O) groups excluding carboxylic acids is 1. The van der Waals surface area contributed by atoms with Gasteiger partial charge in [0.1, 0.15) is 6.54 Å². The molecule has 1 N–H and O–H groups in total. The molecule has 37 heavy (non-hydrogen) atoms. The van der Waals surface area contributed by atoms with Gasteiger partial charge in [-0.25, -0.2) is 4.68 Å². The smallest absolute Gasteiger partial charge is 0.327 e. The number of H-pyrrole nitrogens is 1. The number of rotatable bonds is 11. The van der Waals surface area contributed by atoms with Gasteiger partial charge in [0.2, 0.25) is 0 Å². The summed E-state index contributed by atoms with van der Waals surface area (Å²) in [7, 11) is 0. The van der Waals surface area contributed by atoms with Crippen LogP contribution in [-0.4, -0.2) is 49.2 Å². The van der Waals surface area contributed by atoms with Crippen LogP contribution >= 0.6 is 0 Å². The third-order valence-corrected chi connectivity index (χ3v) is 6.56. The number of esters is 1. The molecule has 194 valence electrons. The van der Waals surface area contributed by atoms with Crippen LogP contribution in [0.2, 0.25) is 0 Å². The molecule has 1 atom stereocenters. The van der Waals surface area contributed by atoms with Gasteiger partial charge in [-0.15, -0.1) is 5.10 Å². The molecule has 2 aromatic heterocycles. The zero-order valence-electron chi connectivity index (χ0n) is 21.9. The van der Waals surface area contributed by atoms with Crippen molar-refractivity contribution in [3.05, 3.63) is 87.0 Å². The van der Waals surface area contributed by atoms with Crippen molar-refractivity contribution >= 4 is 16.9 Å². The van der Waals surface area contributed by atoms with Gasteiger partial charge in [-0.05, 0) is 72.9 Å². The number of tetrazole rings is 1. The number of benzene rings is 2. The fraction of sp³-hybridized carbons (Fsp3) is 0.393. The van der Waals surface area contributed by atoms with Gasteiger partial charge in [-0.3, -0.25) is 14.5 Å². The third-order valence-electron chi connectivity index (χ3n) is 6.56. The molecule has 0 saturated carbocycles. The first kappa shape index (κ1) is 26.2. The molecule has 9 heteroatoms. The summed E-state index contributed by atoms with van der Waals surface area (Å²) in [6.45, 7) is 9.23. The van der Waals surface area contributed by atoms with E-state index in [-0.39, 0.29) is 18.1 Å². The summed E-state index contributed by atoms with van der Waals surface area (Å²) in [5.41, 5.74) is 4.84. The highest BCUT2D eigenvalue weighted by atomic mass is 16.5. The maximum atomic E-state index is 13.2. The van der Waals surface area contributed by atoms with E-state index in [0.717, 1.165) is 28.5 Å². The largest absolute Gasteiger partial charge is 0.465 e. The summed E-state index contributed by atoms with van der Waals surface area (Å²) in [5.74, 6) is 0.186. The molecule has 0 radical (unpaired) electrons. The van der Waals surface area contributed by atoms with Crippen LogP contribution in [0.4, 0.5) is 0 Å². The molecule has 0 aliphatic carbocycles. The quantitative estimate of drug-likeness (QED) is 0.310. The second kappa shape index (κ2) is 11.9. The van der Waals surface area contributed by atoms with Crippen molar-refractivity contribution in [2.45, 2.75) is 59.7 Å².